The number of nitrogens with zero attached hydrogens (tertiary/aromatic N) is 1. The Morgan fingerprint density at radius 3 is 2.52 bits per heavy atom. The number of thioether (sulfide) groups is 1. The van der Waals surface area contributed by atoms with Crippen LogP contribution in [0, 0.1) is 0 Å². The van der Waals surface area contributed by atoms with E-state index < -0.39 is 0 Å². The van der Waals surface area contributed by atoms with Gasteiger partial charge < -0.3 is 9.47 Å². The third-order valence-corrected chi connectivity index (χ3v) is 5.48. The SMILES string of the molecule is COc1cc(/C=C2\SC(=O)N(C)C2=O)cc(Cl)c1OCc1ccccc1Cl. The van der Waals surface area contributed by atoms with Crippen LogP contribution in [0.2, 0.25) is 10.0 Å². The number of benzene rings is 2. The molecule has 1 saturated heterocycles. The van der Waals surface area contributed by atoms with Crippen molar-refractivity contribution in [2.45, 2.75) is 6.61 Å². The van der Waals surface area contributed by atoms with Crippen molar-refractivity contribution in [2.24, 2.45) is 0 Å². The Balaban J connectivity index is 1.87. The summed E-state index contributed by atoms with van der Waals surface area (Å²) in [5.74, 6) is 0.440. The van der Waals surface area contributed by atoms with Crippen LogP contribution in [-0.4, -0.2) is 30.2 Å². The average molecular weight is 424 g/mol. The Morgan fingerprint density at radius 2 is 1.89 bits per heavy atom. The van der Waals surface area contributed by atoms with E-state index in [-0.39, 0.29) is 17.8 Å². The largest absolute Gasteiger partial charge is 0.493 e. The third-order valence-electron chi connectivity index (χ3n) is 3.87. The first kappa shape index (κ1) is 19.6. The number of halogens is 2. The standard InChI is InChI=1S/C19H15Cl2NO4S/c1-22-18(23)16(27-19(22)24)9-11-7-14(21)17(15(8-11)25-2)26-10-12-5-3-4-6-13(12)20/h3-9H,10H2,1-2H3/b16-9-. The van der Waals surface area contributed by atoms with E-state index in [0.717, 1.165) is 22.2 Å². The first-order valence-corrected chi connectivity index (χ1v) is 9.43. The van der Waals surface area contributed by atoms with Gasteiger partial charge in [0.25, 0.3) is 11.1 Å². The Kier molecular flexibility index (Phi) is 5.99. The highest BCUT2D eigenvalue weighted by Gasteiger charge is 2.31. The van der Waals surface area contributed by atoms with Gasteiger partial charge in [-0.3, -0.25) is 14.5 Å². The van der Waals surface area contributed by atoms with Crippen LogP contribution in [0.5, 0.6) is 11.5 Å². The van der Waals surface area contributed by atoms with Crippen LogP contribution >= 0.6 is 35.0 Å². The Hall–Kier alpha value is -2.15. The van der Waals surface area contributed by atoms with Crippen LogP contribution in [0.4, 0.5) is 4.79 Å². The van der Waals surface area contributed by atoms with Gasteiger partial charge in [0.05, 0.1) is 17.0 Å². The van der Waals surface area contributed by atoms with Crippen LogP contribution in [-0.2, 0) is 11.4 Å². The summed E-state index contributed by atoms with van der Waals surface area (Å²) in [5, 5.41) is 0.604. The third kappa shape index (κ3) is 4.24. The highest BCUT2D eigenvalue weighted by molar-refractivity contribution is 8.18. The van der Waals surface area contributed by atoms with E-state index in [1.807, 2.05) is 18.2 Å². The summed E-state index contributed by atoms with van der Waals surface area (Å²) < 4.78 is 11.2. The van der Waals surface area contributed by atoms with E-state index in [1.165, 1.54) is 14.2 Å². The number of hydrogen-bond donors (Lipinski definition) is 0. The number of likely N-dealkylation sites (N-methyl/N-ethyl adjacent to an activating group) is 1. The van der Waals surface area contributed by atoms with E-state index >= 15 is 0 Å². The number of amides is 2. The predicted octanol–water partition coefficient (Wildman–Crippen LogP) is 5.25. The summed E-state index contributed by atoms with van der Waals surface area (Å²) in [6, 6.07) is 10.7. The molecule has 0 bridgehead atoms. The summed E-state index contributed by atoms with van der Waals surface area (Å²) in [7, 11) is 2.94. The van der Waals surface area contributed by atoms with Gasteiger partial charge in [-0.15, -0.1) is 0 Å². The predicted molar refractivity (Wildman–Crippen MR) is 108 cm³/mol. The van der Waals surface area contributed by atoms with Gasteiger partial charge in [-0.1, -0.05) is 41.4 Å². The molecular weight excluding hydrogens is 409 g/mol. The second-order valence-electron chi connectivity index (χ2n) is 5.65. The van der Waals surface area contributed by atoms with Crippen LogP contribution in [0.15, 0.2) is 41.3 Å². The van der Waals surface area contributed by atoms with E-state index in [2.05, 4.69) is 0 Å². The van der Waals surface area contributed by atoms with E-state index in [4.69, 9.17) is 32.7 Å². The van der Waals surface area contributed by atoms with Crippen molar-refractivity contribution in [1.82, 2.24) is 4.90 Å². The Bertz CT molecular complexity index is 945. The topological polar surface area (TPSA) is 55.8 Å². The summed E-state index contributed by atoms with van der Waals surface area (Å²) in [6.45, 7) is 0.226. The van der Waals surface area contributed by atoms with Gasteiger partial charge in [-0.2, -0.15) is 0 Å². The number of methoxy groups -OCH3 is 1. The maximum Gasteiger partial charge on any atom is 0.293 e. The van der Waals surface area contributed by atoms with Crippen LogP contribution < -0.4 is 9.47 Å². The van der Waals surface area contributed by atoms with E-state index in [1.54, 1.807) is 24.3 Å². The first-order valence-electron chi connectivity index (χ1n) is 7.86. The molecule has 2 amide bonds. The fraction of sp³-hybridized carbons (Fsp3) is 0.158. The second kappa shape index (κ2) is 8.25. The Labute approximate surface area is 170 Å². The lowest BCUT2D eigenvalue weighted by Crippen LogP contribution is -2.22. The van der Waals surface area contributed by atoms with Crippen molar-refractivity contribution in [2.75, 3.05) is 14.2 Å². The maximum atomic E-state index is 12.0. The zero-order chi connectivity index (χ0) is 19.6. The molecular formula is C19H15Cl2NO4S. The second-order valence-corrected chi connectivity index (χ2v) is 7.46. The number of carbonyl (C=O) groups is 2. The monoisotopic (exact) mass is 423 g/mol. The van der Waals surface area contributed by atoms with Crippen LogP contribution in [0.25, 0.3) is 6.08 Å². The lowest BCUT2D eigenvalue weighted by Gasteiger charge is -2.14. The number of hydrogen-bond acceptors (Lipinski definition) is 5. The Morgan fingerprint density at radius 1 is 1.15 bits per heavy atom. The van der Waals surface area contributed by atoms with E-state index in [9.17, 15) is 9.59 Å². The van der Waals surface area contributed by atoms with Gasteiger partial charge in [0.15, 0.2) is 11.5 Å². The van der Waals surface area contributed by atoms with Gasteiger partial charge in [-0.25, -0.2) is 0 Å². The average Bonchev–Trinajstić information content (AvgIpc) is 2.88. The van der Waals surface area contributed by atoms with Crippen molar-refractivity contribution in [1.29, 1.82) is 0 Å². The molecule has 1 aliphatic heterocycles. The minimum absolute atomic E-state index is 0.226. The quantitative estimate of drug-likeness (QED) is 0.614. The molecule has 0 unspecified atom stereocenters. The molecule has 3 rings (SSSR count). The molecule has 1 fully saturated rings. The fourth-order valence-electron chi connectivity index (χ4n) is 2.43. The fourth-order valence-corrected chi connectivity index (χ4v) is 3.72. The van der Waals surface area contributed by atoms with Gasteiger partial charge in [0, 0.05) is 17.6 Å². The van der Waals surface area contributed by atoms with Crippen molar-refractivity contribution in [3.05, 3.63) is 62.5 Å². The molecule has 8 heteroatoms. The molecule has 0 radical (unpaired) electrons. The smallest absolute Gasteiger partial charge is 0.293 e. The molecule has 1 heterocycles. The van der Waals surface area contributed by atoms with Gasteiger partial charge in [0.1, 0.15) is 6.61 Å². The summed E-state index contributed by atoms with van der Waals surface area (Å²) in [6.07, 6.45) is 1.60. The molecule has 0 spiro atoms. The van der Waals surface area contributed by atoms with Crippen molar-refractivity contribution < 1.29 is 19.1 Å². The normalized spacial score (nSPS) is 15.6. The summed E-state index contributed by atoms with van der Waals surface area (Å²) in [4.78, 5) is 25.0. The highest BCUT2D eigenvalue weighted by Crippen LogP contribution is 2.39. The molecule has 0 N–H and O–H groups in total. The molecule has 0 aromatic heterocycles. The molecule has 5 nitrogen and oxygen atoms in total. The summed E-state index contributed by atoms with van der Waals surface area (Å²) >= 11 is 13.4. The number of rotatable bonds is 5. The molecule has 0 atom stereocenters. The molecule has 1 aliphatic rings. The van der Waals surface area contributed by atoms with Gasteiger partial charge >= 0.3 is 0 Å². The van der Waals surface area contributed by atoms with Crippen LogP contribution in [0.1, 0.15) is 11.1 Å². The minimum Gasteiger partial charge on any atom is -0.493 e. The van der Waals surface area contributed by atoms with Crippen LogP contribution in [0.3, 0.4) is 0 Å². The molecule has 2 aromatic rings. The van der Waals surface area contributed by atoms with Crippen molar-refractivity contribution >= 4 is 52.2 Å². The lowest BCUT2D eigenvalue weighted by atomic mass is 10.1. The molecule has 27 heavy (non-hydrogen) atoms. The zero-order valence-corrected chi connectivity index (χ0v) is 16.8. The lowest BCUT2D eigenvalue weighted by molar-refractivity contribution is -0.121. The van der Waals surface area contributed by atoms with Gasteiger partial charge in [0.2, 0.25) is 0 Å². The number of ether oxygens (including phenoxy) is 2. The van der Waals surface area contributed by atoms with Crippen molar-refractivity contribution in [3.63, 3.8) is 0 Å². The highest BCUT2D eigenvalue weighted by atomic mass is 35.5. The van der Waals surface area contributed by atoms with Crippen molar-refractivity contribution in [3.8, 4) is 11.5 Å². The zero-order valence-electron chi connectivity index (χ0n) is 14.5. The molecule has 140 valence electrons. The first-order chi connectivity index (χ1) is 12.9. The minimum atomic E-state index is -0.348. The molecule has 0 aliphatic carbocycles. The number of carbonyl (C=O) groups excluding carboxylic acids is 2. The summed E-state index contributed by atoms with van der Waals surface area (Å²) in [5.41, 5.74) is 1.44. The van der Waals surface area contributed by atoms with Gasteiger partial charge in [-0.05, 0) is 41.6 Å². The molecule has 2 aromatic carbocycles. The maximum absolute atomic E-state index is 12.0. The van der Waals surface area contributed by atoms with E-state index in [0.29, 0.717) is 32.0 Å². The molecule has 0 saturated carbocycles. The number of imide groups is 1.